The molecular weight excluding hydrogens is 256 g/mol. The van der Waals surface area contributed by atoms with Crippen molar-refractivity contribution in [1.82, 2.24) is 10.2 Å². The molecule has 1 aliphatic heterocycles. The Hall–Kier alpha value is -0.0800. The van der Waals surface area contributed by atoms with E-state index in [0.717, 1.165) is 6.04 Å². The third-order valence-electron chi connectivity index (χ3n) is 7.02. The van der Waals surface area contributed by atoms with Gasteiger partial charge in [0, 0.05) is 30.2 Å². The van der Waals surface area contributed by atoms with Gasteiger partial charge < -0.3 is 5.32 Å². The normalized spacial score (nSPS) is 30.6. The molecule has 3 aliphatic rings. The molecule has 2 aliphatic carbocycles. The van der Waals surface area contributed by atoms with E-state index in [0.29, 0.717) is 11.1 Å². The van der Waals surface area contributed by atoms with Gasteiger partial charge in [0.15, 0.2) is 0 Å². The van der Waals surface area contributed by atoms with Crippen LogP contribution in [0.4, 0.5) is 0 Å². The molecular formula is C19H36N2. The lowest BCUT2D eigenvalue weighted by Gasteiger charge is -2.58. The van der Waals surface area contributed by atoms with Crippen LogP contribution in [-0.4, -0.2) is 35.1 Å². The zero-order chi connectivity index (χ0) is 14.8. The van der Waals surface area contributed by atoms with Gasteiger partial charge in [-0.25, -0.2) is 0 Å². The summed E-state index contributed by atoms with van der Waals surface area (Å²) in [4.78, 5) is 3.01. The van der Waals surface area contributed by atoms with Gasteiger partial charge in [-0.3, -0.25) is 4.90 Å². The van der Waals surface area contributed by atoms with Gasteiger partial charge in [0.2, 0.25) is 0 Å². The second kappa shape index (κ2) is 6.58. The summed E-state index contributed by atoms with van der Waals surface area (Å²) in [6.07, 6.45) is 17.1. The minimum Gasteiger partial charge on any atom is -0.308 e. The predicted octanol–water partition coefficient (Wildman–Crippen LogP) is 4.49. The highest BCUT2D eigenvalue weighted by atomic mass is 15.3. The van der Waals surface area contributed by atoms with Crippen molar-refractivity contribution in [3.05, 3.63) is 0 Å². The topological polar surface area (TPSA) is 15.3 Å². The third kappa shape index (κ3) is 3.03. The van der Waals surface area contributed by atoms with E-state index in [9.17, 15) is 0 Å². The molecule has 0 unspecified atom stereocenters. The highest BCUT2D eigenvalue weighted by Crippen LogP contribution is 2.40. The number of piperazine rings is 1. The molecule has 0 aromatic heterocycles. The van der Waals surface area contributed by atoms with Crippen LogP contribution in [0.25, 0.3) is 0 Å². The van der Waals surface area contributed by atoms with E-state index in [1.165, 1.54) is 90.1 Å². The molecule has 0 bridgehead atoms. The maximum absolute atomic E-state index is 4.05. The van der Waals surface area contributed by atoms with E-state index >= 15 is 0 Å². The first-order valence-electron chi connectivity index (χ1n) is 9.75. The van der Waals surface area contributed by atoms with Gasteiger partial charge in [-0.1, -0.05) is 52.4 Å². The number of rotatable bonds is 3. The number of nitrogens with one attached hydrogen (secondary N) is 1. The van der Waals surface area contributed by atoms with Crippen LogP contribution in [0.15, 0.2) is 0 Å². The predicted molar refractivity (Wildman–Crippen MR) is 90.7 cm³/mol. The van der Waals surface area contributed by atoms with Gasteiger partial charge in [0.1, 0.15) is 0 Å². The summed E-state index contributed by atoms with van der Waals surface area (Å²) in [5.41, 5.74) is 0.897. The molecule has 3 fully saturated rings. The van der Waals surface area contributed by atoms with E-state index in [1.54, 1.807) is 0 Å². The third-order valence-corrected chi connectivity index (χ3v) is 7.02. The Morgan fingerprint density at radius 2 is 1.52 bits per heavy atom. The van der Waals surface area contributed by atoms with E-state index in [-0.39, 0.29) is 0 Å². The Labute approximate surface area is 132 Å². The summed E-state index contributed by atoms with van der Waals surface area (Å²) in [7, 11) is 0. The Balaban J connectivity index is 1.80. The van der Waals surface area contributed by atoms with Gasteiger partial charge in [-0.05, 0) is 38.5 Å². The molecule has 2 heteroatoms. The standard InChI is InChI=1S/C19H36N2/c1-3-19(4-2)15-20-18(13-9-6-10-14-18)16-21(19)17-11-7-5-8-12-17/h17,20H,3-16H2,1-2H3. The van der Waals surface area contributed by atoms with Crippen LogP contribution in [0.2, 0.25) is 0 Å². The average molecular weight is 293 g/mol. The van der Waals surface area contributed by atoms with Gasteiger partial charge in [0.05, 0.1) is 0 Å². The fourth-order valence-corrected chi connectivity index (χ4v) is 5.38. The molecule has 0 radical (unpaired) electrons. The number of hydrogen-bond donors (Lipinski definition) is 1. The van der Waals surface area contributed by atoms with Crippen LogP contribution in [0.3, 0.4) is 0 Å². The van der Waals surface area contributed by atoms with Crippen molar-refractivity contribution < 1.29 is 0 Å². The van der Waals surface area contributed by atoms with Crippen LogP contribution >= 0.6 is 0 Å². The fourth-order valence-electron chi connectivity index (χ4n) is 5.38. The van der Waals surface area contributed by atoms with Crippen molar-refractivity contribution in [2.75, 3.05) is 13.1 Å². The van der Waals surface area contributed by atoms with E-state index in [2.05, 4.69) is 24.1 Å². The van der Waals surface area contributed by atoms with E-state index < -0.39 is 0 Å². The molecule has 1 saturated heterocycles. The molecule has 2 saturated carbocycles. The van der Waals surface area contributed by atoms with E-state index in [1.807, 2.05) is 0 Å². The van der Waals surface area contributed by atoms with Crippen molar-refractivity contribution in [1.29, 1.82) is 0 Å². The van der Waals surface area contributed by atoms with Crippen LogP contribution in [-0.2, 0) is 0 Å². The molecule has 2 nitrogen and oxygen atoms in total. The Morgan fingerprint density at radius 1 is 0.905 bits per heavy atom. The fraction of sp³-hybridized carbons (Fsp3) is 1.00. The molecule has 21 heavy (non-hydrogen) atoms. The van der Waals surface area contributed by atoms with Crippen LogP contribution in [0, 0.1) is 0 Å². The second-order valence-corrected chi connectivity index (χ2v) is 8.05. The maximum atomic E-state index is 4.05. The minimum absolute atomic E-state index is 0.435. The lowest BCUT2D eigenvalue weighted by Crippen LogP contribution is -2.72. The van der Waals surface area contributed by atoms with Crippen molar-refractivity contribution >= 4 is 0 Å². The summed E-state index contributed by atoms with van der Waals surface area (Å²) in [5.74, 6) is 0. The van der Waals surface area contributed by atoms with E-state index in [4.69, 9.17) is 0 Å². The smallest absolute Gasteiger partial charge is 0.0332 e. The molecule has 0 atom stereocenters. The Morgan fingerprint density at radius 3 is 2.14 bits per heavy atom. The van der Waals surface area contributed by atoms with Gasteiger partial charge in [-0.15, -0.1) is 0 Å². The average Bonchev–Trinajstić information content (AvgIpc) is 2.57. The maximum Gasteiger partial charge on any atom is 0.0332 e. The number of nitrogens with zero attached hydrogens (tertiary/aromatic N) is 1. The molecule has 1 spiro atoms. The summed E-state index contributed by atoms with van der Waals surface area (Å²) in [6.45, 7) is 7.40. The highest BCUT2D eigenvalue weighted by Gasteiger charge is 2.48. The molecule has 0 aromatic rings. The van der Waals surface area contributed by atoms with Crippen molar-refractivity contribution in [2.24, 2.45) is 0 Å². The van der Waals surface area contributed by atoms with Crippen molar-refractivity contribution in [3.63, 3.8) is 0 Å². The Kier molecular flexibility index (Phi) is 4.95. The first-order valence-corrected chi connectivity index (χ1v) is 9.75. The van der Waals surface area contributed by atoms with Crippen LogP contribution in [0.5, 0.6) is 0 Å². The molecule has 0 amide bonds. The molecule has 0 aromatic carbocycles. The van der Waals surface area contributed by atoms with Gasteiger partial charge in [-0.2, -0.15) is 0 Å². The van der Waals surface area contributed by atoms with Crippen molar-refractivity contribution in [3.8, 4) is 0 Å². The summed E-state index contributed by atoms with van der Waals surface area (Å²) in [6, 6.07) is 0.875. The summed E-state index contributed by atoms with van der Waals surface area (Å²) < 4.78 is 0. The largest absolute Gasteiger partial charge is 0.308 e. The van der Waals surface area contributed by atoms with Crippen LogP contribution in [0.1, 0.15) is 90.9 Å². The highest BCUT2D eigenvalue weighted by molar-refractivity contribution is 5.07. The lowest BCUT2D eigenvalue weighted by atomic mass is 9.74. The van der Waals surface area contributed by atoms with Gasteiger partial charge in [0.25, 0.3) is 0 Å². The van der Waals surface area contributed by atoms with Crippen LogP contribution < -0.4 is 5.32 Å². The zero-order valence-corrected chi connectivity index (χ0v) is 14.4. The second-order valence-electron chi connectivity index (χ2n) is 8.05. The summed E-state index contributed by atoms with van der Waals surface area (Å²) in [5, 5.41) is 4.05. The molecule has 3 rings (SSSR count). The first kappa shape index (κ1) is 15.8. The molecule has 1 N–H and O–H groups in total. The Bertz CT molecular complexity index is 322. The SMILES string of the molecule is CCC1(CC)CNC2(CCCCC2)CN1C1CCCCC1. The molecule has 122 valence electrons. The summed E-state index contributed by atoms with van der Waals surface area (Å²) >= 11 is 0. The van der Waals surface area contributed by atoms with Crippen molar-refractivity contribution in [2.45, 2.75) is 108 Å². The minimum atomic E-state index is 0.435. The monoisotopic (exact) mass is 292 g/mol. The lowest BCUT2D eigenvalue weighted by molar-refractivity contribution is -0.0515. The number of hydrogen-bond acceptors (Lipinski definition) is 2. The molecule has 1 heterocycles. The quantitative estimate of drug-likeness (QED) is 0.824. The first-order chi connectivity index (χ1) is 10.2. The van der Waals surface area contributed by atoms with Gasteiger partial charge >= 0.3 is 0 Å². The zero-order valence-electron chi connectivity index (χ0n) is 14.4.